The number of likely N-dealkylation sites (N-methyl/N-ethyl adjacent to an activating group) is 1. The number of anilines is 1. The van der Waals surface area contributed by atoms with Crippen molar-refractivity contribution in [3.05, 3.63) is 16.3 Å². The molecule has 0 aliphatic carbocycles. The number of thiophene rings is 1. The lowest BCUT2D eigenvalue weighted by Crippen LogP contribution is -2.41. The van der Waals surface area contributed by atoms with Crippen LogP contribution in [-0.4, -0.2) is 43.0 Å². The van der Waals surface area contributed by atoms with Gasteiger partial charge in [-0.25, -0.2) is 0 Å². The van der Waals surface area contributed by atoms with Gasteiger partial charge in [-0.2, -0.15) is 13.2 Å². The summed E-state index contributed by atoms with van der Waals surface area (Å²) >= 11 is 1.10. The lowest BCUT2D eigenvalue weighted by molar-refractivity contribution is -0.138. The van der Waals surface area contributed by atoms with E-state index in [9.17, 15) is 22.8 Å². The Bertz CT molecular complexity index is 473. The van der Waals surface area contributed by atoms with Gasteiger partial charge >= 0.3 is 6.18 Å². The molecule has 0 atom stereocenters. The average molecular weight is 295 g/mol. The van der Waals surface area contributed by atoms with Crippen LogP contribution in [0.25, 0.3) is 0 Å². The number of carbonyl (C=O) groups is 2. The Labute approximate surface area is 111 Å². The van der Waals surface area contributed by atoms with Gasteiger partial charge in [-0.05, 0) is 11.4 Å². The van der Waals surface area contributed by atoms with Crippen LogP contribution in [0.15, 0.2) is 11.4 Å². The van der Waals surface area contributed by atoms with Gasteiger partial charge in [-0.3, -0.25) is 9.59 Å². The van der Waals surface area contributed by atoms with E-state index in [1.807, 2.05) is 0 Å². The maximum Gasteiger partial charge on any atom is 0.405 e. The van der Waals surface area contributed by atoms with Crippen LogP contribution in [0.5, 0.6) is 0 Å². The third-order valence-electron chi connectivity index (χ3n) is 2.10. The first kappa shape index (κ1) is 15.3. The summed E-state index contributed by atoms with van der Waals surface area (Å²) in [6, 6.07) is 1.54. The molecule has 0 spiro atoms. The van der Waals surface area contributed by atoms with Crippen LogP contribution in [0.4, 0.5) is 18.9 Å². The number of nitrogens with one attached hydrogen (secondary N) is 1. The zero-order valence-electron chi connectivity index (χ0n) is 9.95. The smallest absolute Gasteiger partial charge is 0.397 e. The maximum atomic E-state index is 11.9. The number of amides is 2. The molecule has 0 aromatic carbocycles. The van der Waals surface area contributed by atoms with Crippen molar-refractivity contribution in [3.63, 3.8) is 0 Å². The molecule has 0 saturated carbocycles. The third kappa shape index (κ3) is 4.78. The molecule has 0 fully saturated rings. The number of nitrogens with zero attached hydrogens (tertiary/aromatic N) is 1. The molecule has 0 bridgehead atoms. The molecule has 1 rings (SSSR count). The molecule has 0 radical (unpaired) electrons. The first-order chi connectivity index (χ1) is 8.70. The second kappa shape index (κ2) is 5.91. The van der Waals surface area contributed by atoms with Crippen molar-refractivity contribution in [3.8, 4) is 0 Å². The lowest BCUT2D eigenvalue weighted by atomic mass is 10.3. The molecule has 2 amide bonds. The number of nitrogens with two attached hydrogens (primary N) is 1. The van der Waals surface area contributed by atoms with Crippen molar-refractivity contribution >= 4 is 28.8 Å². The van der Waals surface area contributed by atoms with Crippen LogP contribution >= 0.6 is 11.3 Å². The Morgan fingerprint density at radius 2 is 2.11 bits per heavy atom. The fourth-order valence-corrected chi connectivity index (χ4v) is 2.02. The molecule has 106 valence electrons. The van der Waals surface area contributed by atoms with Gasteiger partial charge in [0.1, 0.15) is 11.4 Å². The Kier molecular flexibility index (Phi) is 4.76. The van der Waals surface area contributed by atoms with Crippen molar-refractivity contribution in [1.82, 2.24) is 10.2 Å². The fraction of sp³-hybridized carbons (Fsp3) is 0.400. The Morgan fingerprint density at radius 1 is 1.47 bits per heavy atom. The standard InChI is InChI=1S/C10H12F3N3O2S/c1-16(4-7(17)15-5-10(11,12)13)9(18)8-6(14)2-3-19-8/h2-3H,4-5,14H2,1H3,(H,15,17). The predicted octanol–water partition coefficient (Wildman–Crippen LogP) is 1.08. The van der Waals surface area contributed by atoms with Crippen molar-refractivity contribution in [2.45, 2.75) is 6.18 Å². The molecule has 19 heavy (non-hydrogen) atoms. The minimum atomic E-state index is -4.48. The third-order valence-corrected chi connectivity index (χ3v) is 3.02. The molecule has 1 heterocycles. The normalized spacial score (nSPS) is 11.2. The highest BCUT2D eigenvalue weighted by Gasteiger charge is 2.28. The highest BCUT2D eigenvalue weighted by Crippen LogP contribution is 2.20. The molecule has 3 N–H and O–H groups in total. The maximum absolute atomic E-state index is 11.9. The van der Waals surface area contributed by atoms with E-state index in [0.29, 0.717) is 0 Å². The number of rotatable bonds is 4. The summed E-state index contributed by atoms with van der Waals surface area (Å²) in [5.74, 6) is -1.39. The first-order valence-electron chi connectivity index (χ1n) is 5.12. The Morgan fingerprint density at radius 3 is 2.58 bits per heavy atom. The van der Waals surface area contributed by atoms with Crippen molar-refractivity contribution in [1.29, 1.82) is 0 Å². The quantitative estimate of drug-likeness (QED) is 0.873. The van der Waals surface area contributed by atoms with Gasteiger partial charge in [-0.1, -0.05) is 0 Å². The van der Waals surface area contributed by atoms with Crippen LogP contribution in [0.2, 0.25) is 0 Å². The van der Waals surface area contributed by atoms with Crippen molar-refractivity contribution in [2.75, 3.05) is 25.9 Å². The van der Waals surface area contributed by atoms with Crippen LogP contribution in [0.3, 0.4) is 0 Å². The van der Waals surface area contributed by atoms with Crippen LogP contribution in [-0.2, 0) is 4.79 Å². The number of carbonyl (C=O) groups excluding carboxylic acids is 2. The second-order valence-corrected chi connectivity index (χ2v) is 4.67. The molecule has 1 aromatic rings. The molecule has 0 unspecified atom stereocenters. The summed E-state index contributed by atoms with van der Waals surface area (Å²) in [4.78, 5) is 24.3. The van der Waals surface area contributed by atoms with Gasteiger partial charge in [0, 0.05) is 7.05 Å². The Balaban J connectivity index is 2.51. The van der Waals surface area contributed by atoms with E-state index in [4.69, 9.17) is 5.73 Å². The SMILES string of the molecule is CN(CC(=O)NCC(F)(F)F)C(=O)c1sccc1N. The van der Waals surface area contributed by atoms with Gasteiger partial charge in [-0.15, -0.1) is 11.3 Å². The van der Waals surface area contributed by atoms with E-state index < -0.39 is 31.1 Å². The van der Waals surface area contributed by atoms with E-state index in [-0.39, 0.29) is 10.6 Å². The minimum Gasteiger partial charge on any atom is -0.397 e. The molecule has 0 aliphatic rings. The number of alkyl halides is 3. The van der Waals surface area contributed by atoms with E-state index in [0.717, 1.165) is 16.2 Å². The summed E-state index contributed by atoms with van der Waals surface area (Å²) in [6.45, 7) is -1.89. The van der Waals surface area contributed by atoms with Crippen LogP contribution < -0.4 is 11.1 Å². The van der Waals surface area contributed by atoms with Gasteiger partial charge in [0.2, 0.25) is 5.91 Å². The van der Waals surface area contributed by atoms with Crippen molar-refractivity contribution < 1.29 is 22.8 Å². The minimum absolute atomic E-state index is 0.256. The number of halogens is 3. The molecule has 0 aliphatic heterocycles. The summed E-state index contributed by atoms with van der Waals surface area (Å²) in [5.41, 5.74) is 5.81. The Hall–Kier alpha value is -1.77. The van der Waals surface area contributed by atoms with Crippen LogP contribution in [0, 0.1) is 0 Å². The summed E-state index contributed by atoms with van der Waals surface area (Å²) in [5, 5.41) is 3.29. The van der Waals surface area contributed by atoms with Crippen molar-refractivity contribution in [2.24, 2.45) is 0 Å². The van der Waals surface area contributed by atoms with E-state index in [1.165, 1.54) is 13.1 Å². The largest absolute Gasteiger partial charge is 0.405 e. The van der Waals surface area contributed by atoms with Gasteiger partial charge in [0.25, 0.3) is 5.91 Å². The van der Waals surface area contributed by atoms with E-state index in [2.05, 4.69) is 0 Å². The molecular weight excluding hydrogens is 283 g/mol. The second-order valence-electron chi connectivity index (χ2n) is 3.76. The van der Waals surface area contributed by atoms with E-state index in [1.54, 1.807) is 10.7 Å². The number of hydrogen-bond acceptors (Lipinski definition) is 4. The van der Waals surface area contributed by atoms with Gasteiger partial charge < -0.3 is 16.0 Å². The molecule has 1 aromatic heterocycles. The highest BCUT2D eigenvalue weighted by molar-refractivity contribution is 7.12. The summed E-state index contributed by atoms with van der Waals surface area (Å²) in [7, 11) is 1.31. The zero-order valence-corrected chi connectivity index (χ0v) is 10.8. The molecular formula is C10H12F3N3O2S. The zero-order chi connectivity index (χ0) is 14.6. The monoisotopic (exact) mass is 295 g/mol. The number of nitrogen functional groups attached to an aromatic ring is 1. The topological polar surface area (TPSA) is 75.4 Å². The average Bonchev–Trinajstić information content (AvgIpc) is 2.71. The van der Waals surface area contributed by atoms with Crippen LogP contribution in [0.1, 0.15) is 9.67 Å². The molecule has 9 heteroatoms. The summed E-state index contributed by atoms with van der Waals surface area (Å²) in [6.07, 6.45) is -4.48. The predicted molar refractivity (Wildman–Crippen MR) is 64.8 cm³/mol. The van der Waals surface area contributed by atoms with E-state index >= 15 is 0 Å². The molecule has 5 nitrogen and oxygen atoms in total. The number of hydrogen-bond donors (Lipinski definition) is 2. The lowest BCUT2D eigenvalue weighted by Gasteiger charge is -2.16. The van der Waals surface area contributed by atoms with Gasteiger partial charge in [0.05, 0.1) is 12.2 Å². The highest BCUT2D eigenvalue weighted by atomic mass is 32.1. The summed E-state index contributed by atoms with van der Waals surface area (Å²) < 4.78 is 35.6. The molecule has 0 saturated heterocycles. The van der Waals surface area contributed by atoms with Gasteiger partial charge in [0.15, 0.2) is 0 Å². The first-order valence-corrected chi connectivity index (χ1v) is 6.00. The fourth-order valence-electron chi connectivity index (χ4n) is 1.21.